The Hall–Kier alpha value is -1.12. The van der Waals surface area contributed by atoms with Gasteiger partial charge in [-0.25, -0.2) is 0 Å². The Labute approximate surface area is 141 Å². The Kier molecular flexibility index (Phi) is 4.82. The first-order valence-electron chi connectivity index (χ1n) is 8.00. The van der Waals surface area contributed by atoms with Crippen molar-refractivity contribution in [3.05, 3.63) is 42.5 Å². The van der Waals surface area contributed by atoms with Crippen molar-refractivity contribution in [3.8, 4) is 5.75 Å². The number of hydrogen-bond donors (Lipinski definition) is 0. The van der Waals surface area contributed by atoms with Crippen LogP contribution in [0.4, 0.5) is 0 Å². The van der Waals surface area contributed by atoms with Gasteiger partial charge in [0.05, 0.1) is 0 Å². The molecule has 1 atom stereocenters. The van der Waals surface area contributed by atoms with Crippen LogP contribution in [0.2, 0.25) is 0 Å². The number of hydrogen-bond acceptors (Lipinski definition) is 5. The van der Waals surface area contributed by atoms with Crippen molar-refractivity contribution in [2.24, 2.45) is 0 Å². The molecule has 0 spiro atoms. The third-order valence-corrected chi connectivity index (χ3v) is 7.10. The number of rotatable bonds is 3. The maximum atomic E-state index is 6.08. The van der Waals surface area contributed by atoms with Gasteiger partial charge in [-0.3, -0.25) is 0 Å². The van der Waals surface area contributed by atoms with Crippen molar-refractivity contribution < 1.29 is 16.0 Å². The van der Waals surface area contributed by atoms with E-state index in [4.69, 9.17) is 16.0 Å². The fourth-order valence-electron chi connectivity index (χ4n) is 2.97. The minimum absolute atomic E-state index is 0.00423. The standard InChI is InChI=1S/C17H20GeNO4/c1-2-6-16-14(4-1)5-3-7-17(16)20-13-15-12-19-8-10-21-18(23-15)22-11-9-19/h1-7,15H,8-13H2. The van der Waals surface area contributed by atoms with Crippen LogP contribution in [0.25, 0.3) is 10.8 Å². The first-order chi connectivity index (χ1) is 11.4. The van der Waals surface area contributed by atoms with Crippen LogP contribution in [0.3, 0.4) is 0 Å². The first kappa shape index (κ1) is 15.4. The average Bonchev–Trinajstić information content (AvgIpc) is 2.52. The van der Waals surface area contributed by atoms with Gasteiger partial charge in [0.25, 0.3) is 0 Å². The summed E-state index contributed by atoms with van der Waals surface area (Å²) in [5, 5.41) is 2.32. The molecule has 3 aliphatic heterocycles. The van der Waals surface area contributed by atoms with E-state index in [0.29, 0.717) is 19.8 Å². The molecule has 0 N–H and O–H groups in total. The van der Waals surface area contributed by atoms with Crippen molar-refractivity contribution in [3.63, 3.8) is 0 Å². The second kappa shape index (κ2) is 7.19. The van der Waals surface area contributed by atoms with Gasteiger partial charge >= 0.3 is 141 Å². The van der Waals surface area contributed by atoms with Crippen molar-refractivity contribution in [1.29, 1.82) is 0 Å². The average molecular weight is 375 g/mol. The summed E-state index contributed by atoms with van der Waals surface area (Å²) in [5.41, 5.74) is 0. The zero-order valence-electron chi connectivity index (χ0n) is 12.9. The van der Waals surface area contributed by atoms with Gasteiger partial charge < -0.3 is 0 Å². The quantitative estimate of drug-likeness (QED) is 0.768. The third-order valence-electron chi connectivity index (χ3n) is 4.15. The molecule has 2 aromatic carbocycles. The van der Waals surface area contributed by atoms with E-state index in [1.54, 1.807) is 0 Å². The van der Waals surface area contributed by atoms with E-state index in [0.717, 1.165) is 30.8 Å². The van der Waals surface area contributed by atoms with Gasteiger partial charge in [0, 0.05) is 0 Å². The van der Waals surface area contributed by atoms with Gasteiger partial charge in [0.15, 0.2) is 0 Å². The molecule has 0 amide bonds. The zero-order valence-corrected chi connectivity index (χ0v) is 15.0. The van der Waals surface area contributed by atoms with Crippen LogP contribution in [0.5, 0.6) is 5.75 Å². The summed E-state index contributed by atoms with van der Waals surface area (Å²) in [6, 6.07) is 14.4. The summed E-state index contributed by atoms with van der Waals surface area (Å²) in [4.78, 5) is 2.32. The molecule has 0 saturated carbocycles. The third kappa shape index (κ3) is 3.70. The van der Waals surface area contributed by atoms with Gasteiger partial charge in [0.1, 0.15) is 0 Å². The molecule has 3 aliphatic rings. The Morgan fingerprint density at radius 1 is 1.04 bits per heavy atom. The molecule has 6 heteroatoms. The van der Waals surface area contributed by atoms with Crippen LogP contribution in [0.15, 0.2) is 42.5 Å². The van der Waals surface area contributed by atoms with E-state index in [1.807, 2.05) is 24.3 Å². The van der Waals surface area contributed by atoms with Crippen LogP contribution < -0.4 is 4.74 Å². The van der Waals surface area contributed by atoms with Crippen LogP contribution in [0, 0.1) is 0 Å². The fraction of sp³-hybridized carbons (Fsp3) is 0.412. The molecule has 5 nitrogen and oxygen atoms in total. The summed E-state index contributed by atoms with van der Waals surface area (Å²) in [7, 11) is 0. The number of ether oxygens (including phenoxy) is 1. The molecule has 23 heavy (non-hydrogen) atoms. The Balaban J connectivity index is 1.47. The van der Waals surface area contributed by atoms with Crippen molar-refractivity contribution in [2.45, 2.75) is 6.10 Å². The molecule has 3 heterocycles. The first-order valence-corrected chi connectivity index (χ1v) is 10.6. The Morgan fingerprint density at radius 3 is 2.70 bits per heavy atom. The number of fused-ring (bicyclic) bond motifs is 7. The topological polar surface area (TPSA) is 40.2 Å². The predicted octanol–water partition coefficient (Wildman–Crippen LogP) is 1.95. The predicted molar refractivity (Wildman–Crippen MR) is 88.4 cm³/mol. The van der Waals surface area contributed by atoms with Gasteiger partial charge in [-0.1, -0.05) is 0 Å². The molecule has 2 bridgehead atoms. The van der Waals surface area contributed by atoms with E-state index < -0.39 is 15.4 Å². The van der Waals surface area contributed by atoms with Crippen molar-refractivity contribution in [1.82, 2.24) is 4.90 Å². The molecule has 121 valence electrons. The van der Waals surface area contributed by atoms with Crippen LogP contribution >= 0.6 is 0 Å². The van der Waals surface area contributed by atoms with E-state index in [9.17, 15) is 0 Å². The molecule has 5 rings (SSSR count). The van der Waals surface area contributed by atoms with Crippen LogP contribution in [0.1, 0.15) is 0 Å². The van der Waals surface area contributed by atoms with Crippen molar-refractivity contribution in [2.75, 3.05) is 39.5 Å². The Morgan fingerprint density at radius 2 is 1.83 bits per heavy atom. The van der Waals surface area contributed by atoms with Crippen LogP contribution in [-0.2, 0) is 11.3 Å². The second-order valence-electron chi connectivity index (χ2n) is 5.78. The van der Waals surface area contributed by atoms with E-state index in [2.05, 4.69) is 23.1 Å². The molecule has 1 unspecified atom stereocenters. The molecule has 0 aromatic heterocycles. The summed E-state index contributed by atoms with van der Waals surface area (Å²) < 4.78 is 23.6. The summed E-state index contributed by atoms with van der Waals surface area (Å²) in [6.45, 7) is 4.74. The van der Waals surface area contributed by atoms with Gasteiger partial charge in [0.2, 0.25) is 0 Å². The van der Waals surface area contributed by atoms with E-state index in [-0.39, 0.29) is 6.10 Å². The van der Waals surface area contributed by atoms with Gasteiger partial charge in [-0.2, -0.15) is 0 Å². The normalized spacial score (nSPS) is 25.7. The van der Waals surface area contributed by atoms with E-state index >= 15 is 0 Å². The summed E-state index contributed by atoms with van der Waals surface area (Å²) in [6.07, 6.45) is 0.00423. The monoisotopic (exact) mass is 376 g/mol. The molecule has 3 fully saturated rings. The summed E-state index contributed by atoms with van der Waals surface area (Å²) >= 11 is -2.29. The molecule has 1 radical (unpaired) electrons. The minimum atomic E-state index is -2.29. The zero-order chi connectivity index (χ0) is 15.5. The van der Waals surface area contributed by atoms with Crippen molar-refractivity contribution >= 4 is 26.1 Å². The molecular weight excluding hydrogens is 355 g/mol. The summed E-state index contributed by atoms with van der Waals surface area (Å²) in [5.74, 6) is 0.903. The fourth-order valence-corrected chi connectivity index (χ4v) is 5.39. The van der Waals surface area contributed by atoms with Gasteiger partial charge in [-0.15, -0.1) is 0 Å². The van der Waals surface area contributed by atoms with E-state index in [1.165, 1.54) is 5.39 Å². The number of nitrogens with zero attached hydrogens (tertiary/aromatic N) is 1. The molecule has 3 saturated heterocycles. The second-order valence-corrected chi connectivity index (χ2v) is 8.53. The molecule has 2 aromatic rings. The molecule has 0 aliphatic carbocycles. The molecular formula is C17H20GeNO4. The SMILES string of the molecule is c1ccc2c(OCC3CN4CC[O][Ge]([O]CC4)[O]3)cccc2c1. The van der Waals surface area contributed by atoms with Gasteiger partial charge in [-0.05, 0) is 0 Å². The Bertz CT molecular complexity index is 639. The van der Waals surface area contributed by atoms with Crippen LogP contribution in [-0.4, -0.2) is 65.8 Å². The maximum absolute atomic E-state index is 6.08. The number of benzene rings is 2.